The number of nitrogens with one attached hydrogen (secondary N) is 1. The van der Waals surface area contributed by atoms with Crippen LogP contribution in [0.4, 0.5) is 0 Å². The molecule has 0 heterocycles. The molecule has 3 heteroatoms. The van der Waals surface area contributed by atoms with Gasteiger partial charge in [-0.05, 0) is 18.9 Å². The van der Waals surface area contributed by atoms with E-state index in [2.05, 4.69) is 11.9 Å². The zero-order valence-electron chi connectivity index (χ0n) is 7.89. The molecule has 0 rings (SSSR count). The predicted octanol–water partition coefficient (Wildman–Crippen LogP) is 0.664. The Hall–Kier alpha value is -0.830. The first-order valence-electron chi connectivity index (χ1n) is 4.26. The summed E-state index contributed by atoms with van der Waals surface area (Å²) in [6.45, 7) is 8.83. The second-order valence-corrected chi connectivity index (χ2v) is 3.08. The van der Waals surface area contributed by atoms with E-state index in [0.29, 0.717) is 18.7 Å². The van der Waals surface area contributed by atoms with Crippen LogP contribution < -0.4 is 11.1 Å². The standard InChI is InChI=1S/C9H18N2O/c1-7(2)8(3)9(12)11-6-4-5-10/h7H,3-6,10H2,1-2H3,(H,11,12). The number of carbonyl (C=O) groups excluding carboxylic acids is 1. The molecule has 0 bridgehead atoms. The number of hydrogen-bond donors (Lipinski definition) is 2. The smallest absolute Gasteiger partial charge is 0.246 e. The fraction of sp³-hybridized carbons (Fsp3) is 0.667. The van der Waals surface area contributed by atoms with E-state index in [1.807, 2.05) is 13.8 Å². The van der Waals surface area contributed by atoms with Crippen molar-refractivity contribution in [2.75, 3.05) is 13.1 Å². The molecule has 0 saturated heterocycles. The summed E-state index contributed by atoms with van der Waals surface area (Å²) in [5.41, 5.74) is 5.91. The van der Waals surface area contributed by atoms with Crippen molar-refractivity contribution in [3.8, 4) is 0 Å². The minimum atomic E-state index is -0.0570. The van der Waals surface area contributed by atoms with Crippen molar-refractivity contribution in [2.45, 2.75) is 20.3 Å². The van der Waals surface area contributed by atoms with Gasteiger partial charge in [-0.2, -0.15) is 0 Å². The maximum atomic E-state index is 11.2. The zero-order chi connectivity index (χ0) is 9.56. The highest BCUT2D eigenvalue weighted by Crippen LogP contribution is 2.05. The van der Waals surface area contributed by atoms with E-state index in [0.717, 1.165) is 6.42 Å². The summed E-state index contributed by atoms with van der Waals surface area (Å²) in [5.74, 6) is 0.154. The first-order valence-corrected chi connectivity index (χ1v) is 4.26. The Balaban J connectivity index is 3.65. The van der Waals surface area contributed by atoms with Crippen LogP contribution in [0.1, 0.15) is 20.3 Å². The van der Waals surface area contributed by atoms with Crippen LogP contribution in [0.2, 0.25) is 0 Å². The molecule has 0 aromatic carbocycles. The quantitative estimate of drug-likeness (QED) is 0.470. The molecular formula is C9H18N2O. The number of nitrogens with two attached hydrogens (primary N) is 1. The first-order chi connectivity index (χ1) is 5.59. The Labute approximate surface area is 74.0 Å². The predicted molar refractivity (Wildman–Crippen MR) is 50.7 cm³/mol. The van der Waals surface area contributed by atoms with Gasteiger partial charge in [-0.3, -0.25) is 4.79 Å². The summed E-state index contributed by atoms with van der Waals surface area (Å²) < 4.78 is 0. The van der Waals surface area contributed by atoms with Crippen molar-refractivity contribution in [3.63, 3.8) is 0 Å². The third kappa shape index (κ3) is 4.13. The molecule has 0 atom stereocenters. The topological polar surface area (TPSA) is 55.1 Å². The summed E-state index contributed by atoms with van der Waals surface area (Å²) in [5, 5.41) is 2.75. The highest BCUT2D eigenvalue weighted by molar-refractivity contribution is 5.93. The second kappa shape index (κ2) is 5.77. The Bertz CT molecular complexity index is 164. The molecule has 3 N–H and O–H groups in total. The minimum Gasteiger partial charge on any atom is -0.352 e. The van der Waals surface area contributed by atoms with Crippen LogP contribution in [-0.4, -0.2) is 19.0 Å². The second-order valence-electron chi connectivity index (χ2n) is 3.08. The van der Waals surface area contributed by atoms with Gasteiger partial charge in [0.25, 0.3) is 0 Å². The molecule has 0 aromatic rings. The fourth-order valence-electron chi connectivity index (χ4n) is 0.680. The van der Waals surface area contributed by atoms with Crippen LogP contribution in [0.5, 0.6) is 0 Å². The number of amides is 1. The van der Waals surface area contributed by atoms with Crippen molar-refractivity contribution in [2.24, 2.45) is 11.7 Å². The molecule has 0 saturated carbocycles. The number of carbonyl (C=O) groups is 1. The van der Waals surface area contributed by atoms with E-state index in [1.165, 1.54) is 0 Å². The lowest BCUT2D eigenvalue weighted by atomic mass is 10.1. The molecule has 0 unspecified atom stereocenters. The summed E-state index contributed by atoms with van der Waals surface area (Å²) in [4.78, 5) is 11.2. The van der Waals surface area contributed by atoms with Gasteiger partial charge in [0, 0.05) is 12.1 Å². The first kappa shape index (κ1) is 11.2. The van der Waals surface area contributed by atoms with Crippen LogP contribution in [0.3, 0.4) is 0 Å². The third-order valence-electron chi connectivity index (χ3n) is 1.66. The fourth-order valence-corrected chi connectivity index (χ4v) is 0.680. The molecule has 70 valence electrons. The Morgan fingerprint density at radius 2 is 2.17 bits per heavy atom. The van der Waals surface area contributed by atoms with E-state index in [9.17, 15) is 4.79 Å². The van der Waals surface area contributed by atoms with Gasteiger partial charge in [0.2, 0.25) is 5.91 Å². The average molecular weight is 170 g/mol. The van der Waals surface area contributed by atoms with Crippen molar-refractivity contribution in [3.05, 3.63) is 12.2 Å². The maximum absolute atomic E-state index is 11.2. The normalized spacial score (nSPS) is 10.0. The lowest BCUT2D eigenvalue weighted by Gasteiger charge is -2.09. The van der Waals surface area contributed by atoms with Crippen molar-refractivity contribution in [1.82, 2.24) is 5.32 Å². The molecule has 3 nitrogen and oxygen atoms in total. The molecule has 1 amide bonds. The zero-order valence-corrected chi connectivity index (χ0v) is 7.89. The van der Waals surface area contributed by atoms with Crippen LogP contribution in [0.25, 0.3) is 0 Å². The van der Waals surface area contributed by atoms with Crippen LogP contribution in [-0.2, 0) is 4.79 Å². The van der Waals surface area contributed by atoms with E-state index >= 15 is 0 Å². The van der Waals surface area contributed by atoms with Crippen LogP contribution in [0, 0.1) is 5.92 Å². The largest absolute Gasteiger partial charge is 0.352 e. The molecule has 0 aliphatic heterocycles. The molecule has 0 spiro atoms. The Kier molecular flexibility index (Phi) is 5.37. The lowest BCUT2D eigenvalue weighted by molar-refractivity contribution is -0.117. The van der Waals surface area contributed by atoms with Crippen LogP contribution in [0.15, 0.2) is 12.2 Å². The molecule has 0 aromatic heterocycles. The van der Waals surface area contributed by atoms with Crippen molar-refractivity contribution in [1.29, 1.82) is 0 Å². The van der Waals surface area contributed by atoms with E-state index in [4.69, 9.17) is 5.73 Å². The highest BCUT2D eigenvalue weighted by atomic mass is 16.1. The Morgan fingerprint density at radius 3 is 2.58 bits per heavy atom. The van der Waals surface area contributed by atoms with Crippen LogP contribution >= 0.6 is 0 Å². The molecule has 12 heavy (non-hydrogen) atoms. The average Bonchev–Trinajstić information content (AvgIpc) is 2.03. The van der Waals surface area contributed by atoms with E-state index in [-0.39, 0.29) is 11.8 Å². The van der Waals surface area contributed by atoms with Gasteiger partial charge in [0.15, 0.2) is 0 Å². The molecule has 0 aliphatic rings. The Morgan fingerprint density at radius 1 is 1.58 bits per heavy atom. The maximum Gasteiger partial charge on any atom is 0.246 e. The van der Waals surface area contributed by atoms with Gasteiger partial charge in [0.05, 0.1) is 0 Å². The van der Waals surface area contributed by atoms with Gasteiger partial charge in [0.1, 0.15) is 0 Å². The van der Waals surface area contributed by atoms with Gasteiger partial charge < -0.3 is 11.1 Å². The summed E-state index contributed by atoms with van der Waals surface area (Å²) >= 11 is 0. The van der Waals surface area contributed by atoms with E-state index < -0.39 is 0 Å². The lowest BCUT2D eigenvalue weighted by Crippen LogP contribution is -2.28. The molecule has 0 aliphatic carbocycles. The van der Waals surface area contributed by atoms with Gasteiger partial charge >= 0.3 is 0 Å². The van der Waals surface area contributed by atoms with Crippen molar-refractivity contribution >= 4 is 5.91 Å². The summed E-state index contributed by atoms with van der Waals surface area (Å²) in [6, 6.07) is 0. The molecular weight excluding hydrogens is 152 g/mol. The highest BCUT2D eigenvalue weighted by Gasteiger charge is 2.08. The molecule has 0 fully saturated rings. The van der Waals surface area contributed by atoms with E-state index in [1.54, 1.807) is 0 Å². The SMILES string of the molecule is C=C(C(=O)NCCCN)C(C)C. The van der Waals surface area contributed by atoms with Gasteiger partial charge in [-0.15, -0.1) is 0 Å². The van der Waals surface area contributed by atoms with Gasteiger partial charge in [-0.1, -0.05) is 20.4 Å². The molecule has 0 radical (unpaired) electrons. The summed E-state index contributed by atoms with van der Waals surface area (Å²) in [6.07, 6.45) is 0.817. The number of hydrogen-bond acceptors (Lipinski definition) is 2. The monoisotopic (exact) mass is 170 g/mol. The number of rotatable bonds is 5. The summed E-state index contributed by atoms with van der Waals surface area (Å²) in [7, 11) is 0. The van der Waals surface area contributed by atoms with Gasteiger partial charge in [-0.25, -0.2) is 0 Å². The minimum absolute atomic E-state index is 0.0570. The van der Waals surface area contributed by atoms with Crippen molar-refractivity contribution < 1.29 is 4.79 Å². The third-order valence-corrected chi connectivity index (χ3v) is 1.66.